The lowest BCUT2D eigenvalue weighted by atomic mass is 10.2. The summed E-state index contributed by atoms with van der Waals surface area (Å²) in [6, 6.07) is 8.04. The van der Waals surface area contributed by atoms with Gasteiger partial charge in [0.1, 0.15) is 17.5 Å². The number of nitro benzene ring substituents is 1. The monoisotopic (exact) mass is 343 g/mol. The van der Waals surface area contributed by atoms with Crippen molar-refractivity contribution in [3.63, 3.8) is 0 Å². The minimum atomic E-state index is -0.767. The fraction of sp³-hybridized carbons (Fsp3) is 0.167. The summed E-state index contributed by atoms with van der Waals surface area (Å²) in [6.07, 6.45) is 1.86. The predicted octanol–water partition coefficient (Wildman–Crippen LogP) is 4.86. The Hall–Kier alpha value is -3.09. The number of allylic oxidation sites excluding steroid dienone is 2. The van der Waals surface area contributed by atoms with Gasteiger partial charge in [0.25, 0.3) is 5.69 Å². The quantitative estimate of drug-likeness (QED) is 0.386. The van der Waals surface area contributed by atoms with Crippen molar-refractivity contribution in [1.29, 1.82) is 0 Å². The Balaban J connectivity index is 2.37. The highest BCUT2D eigenvalue weighted by Crippen LogP contribution is 2.32. The molecule has 0 saturated carbocycles. The minimum Gasteiger partial charge on any atom is -0.320 e. The van der Waals surface area contributed by atoms with Crippen LogP contribution in [0.4, 0.5) is 14.5 Å². The Kier molecular flexibility index (Phi) is 4.31. The normalized spacial score (nSPS) is 10.9. The van der Waals surface area contributed by atoms with Crippen LogP contribution in [0.1, 0.15) is 13.8 Å². The van der Waals surface area contributed by atoms with Gasteiger partial charge in [-0.3, -0.25) is 10.1 Å². The van der Waals surface area contributed by atoms with Crippen molar-refractivity contribution in [1.82, 2.24) is 9.55 Å². The van der Waals surface area contributed by atoms with E-state index in [9.17, 15) is 18.9 Å². The van der Waals surface area contributed by atoms with E-state index in [-0.39, 0.29) is 22.6 Å². The van der Waals surface area contributed by atoms with Crippen molar-refractivity contribution in [3.8, 4) is 11.4 Å². The number of aromatic nitrogens is 2. The summed E-state index contributed by atoms with van der Waals surface area (Å²) in [5, 5.41) is 11.3. The largest absolute Gasteiger partial charge is 0.320 e. The summed E-state index contributed by atoms with van der Waals surface area (Å²) < 4.78 is 30.1. The highest BCUT2D eigenvalue weighted by molar-refractivity contribution is 5.88. The van der Waals surface area contributed by atoms with E-state index in [2.05, 4.69) is 4.98 Å². The van der Waals surface area contributed by atoms with Crippen LogP contribution >= 0.6 is 0 Å². The average Bonchev–Trinajstić information content (AvgIpc) is 2.90. The lowest BCUT2D eigenvalue weighted by Crippen LogP contribution is -2.02. The Morgan fingerprint density at radius 3 is 2.44 bits per heavy atom. The summed E-state index contributed by atoms with van der Waals surface area (Å²) in [7, 11) is 0. The van der Waals surface area contributed by atoms with Crippen molar-refractivity contribution >= 4 is 16.7 Å². The van der Waals surface area contributed by atoms with Gasteiger partial charge in [-0.05, 0) is 32.0 Å². The van der Waals surface area contributed by atoms with Crippen LogP contribution in [0, 0.1) is 21.7 Å². The van der Waals surface area contributed by atoms with Gasteiger partial charge in [-0.2, -0.15) is 0 Å². The molecule has 0 aliphatic rings. The molecule has 0 aliphatic carbocycles. The fourth-order valence-electron chi connectivity index (χ4n) is 2.64. The number of benzene rings is 2. The number of hydrogen-bond acceptors (Lipinski definition) is 3. The molecule has 1 aromatic heterocycles. The van der Waals surface area contributed by atoms with E-state index < -0.39 is 16.6 Å². The van der Waals surface area contributed by atoms with E-state index >= 15 is 0 Å². The van der Waals surface area contributed by atoms with E-state index in [0.717, 1.165) is 17.7 Å². The Bertz CT molecular complexity index is 985. The molecule has 0 N–H and O–H groups in total. The Labute approximate surface area is 142 Å². The van der Waals surface area contributed by atoms with Gasteiger partial charge in [-0.1, -0.05) is 23.8 Å². The molecule has 0 fully saturated rings. The molecule has 0 radical (unpaired) electrons. The van der Waals surface area contributed by atoms with Crippen LogP contribution in [0.2, 0.25) is 0 Å². The van der Waals surface area contributed by atoms with E-state index in [4.69, 9.17) is 0 Å². The molecule has 0 atom stereocenters. The van der Waals surface area contributed by atoms with E-state index in [1.807, 2.05) is 19.9 Å². The third kappa shape index (κ3) is 3.00. The maximum Gasteiger partial charge on any atom is 0.297 e. The van der Waals surface area contributed by atoms with Crippen LogP contribution in [0.25, 0.3) is 22.4 Å². The van der Waals surface area contributed by atoms with Gasteiger partial charge in [-0.15, -0.1) is 0 Å². The highest BCUT2D eigenvalue weighted by atomic mass is 19.1. The number of nitro groups is 1. The van der Waals surface area contributed by atoms with Crippen molar-refractivity contribution in [2.24, 2.45) is 0 Å². The third-order valence-electron chi connectivity index (χ3n) is 3.82. The van der Waals surface area contributed by atoms with Crippen LogP contribution in [0.15, 0.2) is 48.0 Å². The number of nitrogens with zero attached hydrogens (tertiary/aromatic N) is 3. The molecular formula is C18H15F2N3O2. The smallest absolute Gasteiger partial charge is 0.297 e. The van der Waals surface area contributed by atoms with Gasteiger partial charge in [0.15, 0.2) is 5.52 Å². The molecule has 2 aromatic carbocycles. The van der Waals surface area contributed by atoms with E-state index in [1.165, 1.54) is 18.2 Å². The van der Waals surface area contributed by atoms with Gasteiger partial charge in [0.2, 0.25) is 0 Å². The molecule has 5 nitrogen and oxygen atoms in total. The zero-order chi connectivity index (χ0) is 18.1. The van der Waals surface area contributed by atoms with E-state index in [1.54, 1.807) is 10.6 Å². The second-order valence-corrected chi connectivity index (χ2v) is 5.83. The molecular weight excluding hydrogens is 328 g/mol. The first-order valence-corrected chi connectivity index (χ1v) is 7.61. The summed E-state index contributed by atoms with van der Waals surface area (Å²) >= 11 is 0. The van der Waals surface area contributed by atoms with Gasteiger partial charge in [0.05, 0.1) is 16.0 Å². The van der Waals surface area contributed by atoms with E-state index in [0.29, 0.717) is 12.1 Å². The van der Waals surface area contributed by atoms with Crippen molar-refractivity contribution in [2.45, 2.75) is 20.4 Å². The lowest BCUT2D eigenvalue weighted by Gasteiger charge is -2.09. The van der Waals surface area contributed by atoms with Crippen LogP contribution in [-0.4, -0.2) is 14.5 Å². The maximum absolute atomic E-state index is 14.3. The van der Waals surface area contributed by atoms with Gasteiger partial charge >= 0.3 is 0 Å². The Morgan fingerprint density at radius 2 is 1.84 bits per heavy atom. The number of fused-ring (bicyclic) bond motifs is 1. The number of non-ortho nitro benzene ring substituents is 1. The average molecular weight is 343 g/mol. The third-order valence-corrected chi connectivity index (χ3v) is 3.82. The Morgan fingerprint density at radius 1 is 1.20 bits per heavy atom. The molecule has 0 spiro atoms. The summed E-state index contributed by atoms with van der Waals surface area (Å²) in [6.45, 7) is 4.08. The number of halogens is 2. The predicted molar refractivity (Wildman–Crippen MR) is 91.2 cm³/mol. The van der Waals surface area contributed by atoms with Gasteiger partial charge in [-0.25, -0.2) is 13.8 Å². The van der Waals surface area contributed by atoms with Crippen LogP contribution in [-0.2, 0) is 6.54 Å². The maximum atomic E-state index is 14.3. The molecule has 128 valence electrons. The molecule has 25 heavy (non-hydrogen) atoms. The SMILES string of the molecule is CC(C)=CCn1c(-c2c(F)cccc2F)nc2c([N+](=O)[O-])cccc21. The zero-order valence-electron chi connectivity index (χ0n) is 13.7. The number of para-hydroxylation sites is 1. The first-order chi connectivity index (χ1) is 11.9. The summed E-state index contributed by atoms with van der Waals surface area (Å²) in [4.78, 5) is 14.9. The molecule has 0 amide bonds. The molecule has 3 aromatic rings. The van der Waals surface area contributed by atoms with Gasteiger partial charge in [0, 0.05) is 12.6 Å². The lowest BCUT2D eigenvalue weighted by molar-refractivity contribution is -0.383. The topological polar surface area (TPSA) is 61.0 Å². The van der Waals surface area contributed by atoms with Crippen molar-refractivity contribution in [3.05, 3.63) is 69.8 Å². The molecule has 0 saturated heterocycles. The molecule has 1 heterocycles. The van der Waals surface area contributed by atoms with Crippen LogP contribution < -0.4 is 0 Å². The standard InChI is InChI=1S/C18H15F2N3O2/c1-11(2)9-10-22-14-7-4-8-15(23(24)25)17(14)21-18(22)16-12(19)5-3-6-13(16)20/h3-9H,10H2,1-2H3. The highest BCUT2D eigenvalue weighted by Gasteiger charge is 2.23. The molecule has 0 unspecified atom stereocenters. The van der Waals surface area contributed by atoms with Crippen molar-refractivity contribution < 1.29 is 13.7 Å². The summed E-state index contributed by atoms with van der Waals surface area (Å²) in [5.74, 6) is -1.51. The molecule has 0 aliphatic heterocycles. The molecule has 0 bridgehead atoms. The number of imidazole rings is 1. The second-order valence-electron chi connectivity index (χ2n) is 5.83. The first-order valence-electron chi connectivity index (χ1n) is 7.61. The first kappa shape index (κ1) is 16.8. The van der Waals surface area contributed by atoms with Crippen LogP contribution in [0.5, 0.6) is 0 Å². The fourth-order valence-corrected chi connectivity index (χ4v) is 2.64. The number of hydrogen-bond donors (Lipinski definition) is 0. The summed E-state index contributed by atoms with van der Waals surface area (Å²) in [5.41, 5.74) is 1.06. The zero-order valence-corrected chi connectivity index (χ0v) is 13.7. The minimum absolute atomic E-state index is 0.0254. The molecule has 7 heteroatoms. The van der Waals surface area contributed by atoms with Crippen molar-refractivity contribution in [2.75, 3.05) is 0 Å². The second kappa shape index (κ2) is 6.43. The van der Waals surface area contributed by atoms with Crippen LogP contribution in [0.3, 0.4) is 0 Å². The van der Waals surface area contributed by atoms with Gasteiger partial charge < -0.3 is 4.57 Å². The number of rotatable bonds is 4. The molecule has 3 rings (SSSR count).